The van der Waals surface area contributed by atoms with Crippen molar-refractivity contribution in [1.29, 1.82) is 0 Å². The van der Waals surface area contributed by atoms with Gasteiger partial charge in [-0.2, -0.15) is 0 Å². The molecule has 7 heteroatoms. The molecule has 0 aliphatic carbocycles. The van der Waals surface area contributed by atoms with Gasteiger partial charge in [0.15, 0.2) is 11.5 Å². The normalized spacial score (nSPS) is 26.3. The van der Waals surface area contributed by atoms with Crippen molar-refractivity contribution in [3.8, 4) is 11.5 Å². The van der Waals surface area contributed by atoms with E-state index >= 15 is 0 Å². The number of anilines is 1. The minimum absolute atomic E-state index is 0.137. The lowest BCUT2D eigenvalue weighted by Gasteiger charge is -2.17. The molecule has 3 aliphatic rings. The number of ether oxygens (including phenoxy) is 3. The molecule has 3 heterocycles. The zero-order valence-electron chi connectivity index (χ0n) is 12.6. The van der Waals surface area contributed by atoms with Crippen LogP contribution in [0.25, 0.3) is 0 Å². The van der Waals surface area contributed by atoms with Crippen molar-refractivity contribution >= 4 is 17.5 Å². The van der Waals surface area contributed by atoms with Gasteiger partial charge in [-0.3, -0.25) is 9.59 Å². The fraction of sp³-hybridized carbons (Fsp3) is 0.500. The summed E-state index contributed by atoms with van der Waals surface area (Å²) >= 11 is 0. The first kappa shape index (κ1) is 14.5. The number of rotatable bonds is 4. The molecule has 0 radical (unpaired) electrons. The smallest absolute Gasteiger partial charge is 0.251 e. The Labute approximate surface area is 133 Å². The van der Waals surface area contributed by atoms with Crippen LogP contribution in [0.1, 0.15) is 19.3 Å². The van der Waals surface area contributed by atoms with Crippen LogP contribution in [-0.4, -0.2) is 43.9 Å². The highest BCUT2D eigenvalue weighted by molar-refractivity contribution is 6.22. The summed E-state index contributed by atoms with van der Waals surface area (Å²) in [7, 11) is 0. The molecule has 1 aromatic carbocycles. The number of carbonyl (C=O) groups excluding carboxylic acids is 2. The maximum atomic E-state index is 12.6. The molecule has 0 saturated carbocycles. The molecule has 0 aromatic heterocycles. The number of carbonyl (C=O) groups is 2. The van der Waals surface area contributed by atoms with Gasteiger partial charge in [-0.15, -0.1) is 0 Å². The lowest BCUT2D eigenvalue weighted by Crippen LogP contribution is -2.41. The second kappa shape index (κ2) is 5.82. The Balaban J connectivity index is 1.46. The largest absolute Gasteiger partial charge is 0.454 e. The van der Waals surface area contributed by atoms with Crippen molar-refractivity contribution in [3.05, 3.63) is 18.2 Å². The zero-order valence-corrected chi connectivity index (χ0v) is 12.6. The number of hydrogen-bond donors (Lipinski definition) is 1. The molecule has 2 atom stereocenters. The van der Waals surface area contributed by atoms with Crippen molar-refractivity contribution < 1.29 is 23.8 Å². The first-order chi connectivity index (χ1) is 11.2. The molecule has 1 N–H and O–H groups in total. The van der Waals surface area contributed by atoms with Crippen LogP contribution in [0.5, 0.6) is 11.5 Å². The van der Waals surface area contributed by atoms with E-state index < -0.39 is 6.04 Å². The molecule has 4 rings (SSSR count). The van der Waals surface area contributed by atoms with Gasteiger partial charge in [-0.25, -0.2) is 4.90 Å². The van der Waals surface area contributed by atoms with E-state index in [1.54, 1.807) is 18.2 Å². The van der Waals surface area contributed by atoms with E-state index in [0.29, 0.717) is 23.7 Å². The van der Waals surface area contributed by atoms with E-state index in [9.17, 15) is 9.59 Å². The highest BCUT2D eigenvalue weighted by Crippen LogP contribution is 2.36. The molecular formula is C16H18N2O5. The number of nitrogens with zero attached hydrogens (tertiary/aromatic N) is 1. The fourth-order valence-corrected chi connectivity index (χ4v) is 3.17. The topological polar surface area (TPSA) is 77.1 Å². The number of fused-ring (bicyclic) bond motifs is 1. The van der Waals surface area contributed by atoms with Gasteiger partial charge in [0.2, 0.25) is 12.7 Å². The van der Waals surface area contributed by atoms with E-state index in [0.717, 1.165) is 19.4 Å². The van der Waals surface area contributed by atoms with Gasteiger partial charge in [0.05, 0.1) is 24.3 Å². The van der Waals surface area contributed by atoms with E-state index in [1.165, 1.54) is 4.90 Å². The molecule has 0 bridgehead atoms. The quantitative estimate of drug-likeness (QED) is 0.828. The van der Waals surface area contributed by atoms with Gasteiger partial charge in [-0.05, 0) is 25.0 Å². The predicted molar refractivity (Wildman–Crippen MR) is 80.4 cm³/mol. The van der Waals surface area contributed by atoms with Crippen LogP contribution >= 0.6 is 0 Å². The number of amides is 2. The molecule has 122 valence electrons. The summed E-state index contributed by atoms with van der Waals surface area (Å²) in [5.41, 5.74) is 0.519. The molecule has 3 aliphatic heterocycles. The van der Waals surface area contributed by atoms with E-state index in [4.69, 9.17) is 14.2 Å². The molecule has 7 nitrogen and oxygen atoms in total. The Morgan fingerprint density at radius 2 is 2.09 bits per heavy atom. The fourth-order valence-electron chi connectivity index (χ4n) is 3.17. The van der Waals surface area contributed by atoms with Crippen LogP contribution in [0.15, 0.2) is 18.2 Å². The number of nitrogens with one attached hydrogen (secondary N) is 1. The second-order valence-electron chi connectivity index (χ2n) is 5.90. The first-order valence-electron chi connectivity index (χ1n) is 7.84. The average Bonchev–Trinajstić information content (AvgIpc) is 3.25. The van der Waals surface area contributed by atoms with Gasteiger partial charge in [-0.1, -0.05) is 0 Å². The molecule has 2 fully saturated rings. The third-order valence-corrected chi connectivity index (χ3v) is 4.38. The third-order valence-electron chi connectivity index (χ3n) is 4.38. The van der Waals surface area contributed by atoms with Gasteiger partial charge in [0.1, 0.15) is 0 Å². The van der Waals surface area contributed by atoms with E-state index in [2.05, 4.69) is 5.32 Å². The lowest BCUT2D eigenvalue weighted by atomic mass is 10.2. The Hall–Kier alpha value is -2.12. The van der Waals surface area contributed by atoms with Crippen LogP contribution in [0.4, 0.5) is 5.69 Å². The molecule has 23 heavy (non-hydrogen) atoms. The van der Waals surface area contributed by atoms with E-state index in [1.807, 2.05) is 0 Å². The highest BCUT2D eigenvalue weighted by Gasteiger charge is 2.40. The summed E-state index contributed by atoms with van der Waals surface area (Å²) < 4.78 is 16.1. The van der Waals surface area contributed by atoms with Crippen LogP contribution in [0.2, 0.25) is 0 Å². The Kier molecular flexibility index (Phi) is 3.66. The molecule has 2 unspecified atom stereocenters. The maximum absolute atomic E-state index is 12.6. The Morgan fingerprint density at radius 1 is 1.22 bits per heavy atom. The molecule has 2 amide bonds. The zero-order chi connectivity index (χ0) is 15.8. The minimum atomic E-state index is -0.489. The van der Waals surface area contributed by atoms with Gasteiger partial charge in [0.25, 0.3) is 5.91 Å². The summed E-state index contributed by atoms with van der Waals surface area (Å²) in [6.07, 6.45) is 2.35. The average molecular weight is 318 g/mol. The summed E-state index contributed by atoms with van der Waals surface area (Å²) in [5.74, 6) is 0.741. The third kappa shape index (κ3) is 2.66. The molecular weight excluding hydrogens is 300 g/mol. The summed E-state index contributed by atoms with van der Waals surface area (Å²) in [6, 6.07) is 4.59. The molecule has 1 aromatic rings. The van der Waals surface area contributed by atoms with Crippen LogP contribution in [0, 0.1) is 0 Å². The summed E-state index contributed by atoms with van der Waals surface area (Å²) in [4.78, 5) is 26.0. The Bertz CT molecular complexity index is 641. The van der Waals surface area contributed by atoms with Crippen LogP contribution in [-0.2, 0) is 14.3 Å². The SMILES string of the molecule is O=C1CC(NCC2CCCO2)C(=O)N1c1ccc2c(c1)OCO2. The molecule has 2 saturated heterocycles. The predicted octanol–water partition coefficient (Wildman–Crippen LogP) is 0.816. The first-order valence-corrected chi connectivity index (χ1v) is 7.84. The van der Waals surface area contributed by atoms with Crippen molar-refractivity contribution in [2.24, 2.45) is 0 Å². The molecule has 0 spiro atoms. The van der Waals surface area contributed by atoms with Crippen LogP contribution in [0.3, 0.4) is 0 Å². The van der Waals surface area contributed by atoms with E-state index in [-0.39, 0.29) is 31.1 Å². The lowest BCUT2D eigenvalue weighted by molar-refractivity contribution is -0.121. The monoisotopic (exact) mass is 318 g/mol. The number of imide groups is 1. The van der Waals surface area contributed by atoms with Gasteiger partial charge >= 0.3 is 0 Å². The van der Waals surface area contributed by atoms with Gasteiger partial charge < -0.3 is 19.5 Å². The second-order valence-corrected chi connectivity index (χ2v) is 5.90. The summed E-state index contributed by atoms with van der Waals surface area (Å²) in [6.45, 7) is 1.53. The van der Waals surface area contributed by atoms with Gasteiger partial charge in [0, 0.05) is 19.2 Å². The Morgan fingerprint density at radius 3 is 2.91 bits per heavy atom. The standard InChI is InChI=1S/C16H18N2O5/c19-15-7-12(17-8-11-2-1-5-21-11)16(20)18(15)10-3-4-13-14(6-10)23-9-22-13/h3-4,6,11-12,17H,1-2,5,7-9H2. The number of benzene rings is 1. The number of hydrogen-bond acceptors (Lipinski definition) is 6. The highest BCUT2D eigenvalue weighted by atomic mass is 16.7. The maximum Gasteiger partial charge on any atom is 0.251 e. The van der Waals surface area contributed by atoms with Crippen molar-refractivity contribution in [1.82, 2.24) is 5.32 Å². The van der Waals surface area contributed by atoms with Crippen LogP contribution < -0.4 is 19.7 Å². The van der Waals surface area contributed by atoms with Crippen molar-refractivity contribution in [2.45, 2.75) is 31.4 Å². The van der Waals surface area contributed by atoms with Crippen molar-refractivity contribution in [3.63, 3.8) is 0 Å². The summed E-state index contributed by atoms with van der Waals surface area (Å²) in [5, 5.41) is 3.16. The minimum Gasteiger partial charge on any atom is -0.454 e. The van der Waals surface area contributed by atoms with Crippen molar-refractivity contribution in [2.75, 3.05) is 24.8 Å².